The van der Waals surface area contributed by atoms with Gasteiger partial charge in [0.25, 0.3) is 0 Å². The van der Waals surface area contributed by atoms with E-state index in [2.05, 4.69) is 45.1 Å². The third-order valence-corrected chi connectivity index (χ3v) is 4.43. The van der Waals surface area contributed by atoms with Crippen LogP contribution in [0.25, 0.3) is 0 Å². The van der Waals surface area contributed by atoms with Crippen LogP contribution in [0.3, 0.4) is 0 Å². The van der Waals surface area contributed by atoms with Gasteiger partial charge in [-0.1, -0.05) is 46.2 Å². The summed E-state index contributed by atoms with van der Waals surface area (Å²) in [6.45, 7) is 8.69. The molecule has 0 fully saturated rings. The highest BCUT2D eigenvalue weighted by molar-refractivity contribution is 5.96. The Labute approximate surface area is 110 Å². The summed E-state index contributed by atoms with van der Waals surface area (Å²) in [5.41, 5.74) is 3.70. The standard InChI is InChI=1S/C16H23NO/c1-5-11-7-8-14-12(9-11)10-13(15(18)17-14)16(3,4)6-2/h7-9,13H,5-6,10H2,1-4H3,(H,17,18). The van der Waals surface area contributed by atoms with Crippen LogP contribution in [0, 0.1) is 11.3 Å². The summed E-state index contributed by atoms with van der Waals surface area (Å²) < 4.78 is 0. The minimum Gasteiger partial charge on any atom is -0.326 e. The number of carbonyl (C=O) groups excluding carboxylic acids is 1. The van der Waals surface area contributed by atoms with E-state index in [1.807, 2.05) is 6.07 Å². The van der Waals surface area contributed by atoms with Gasteiger partial charge in [-0.25, -0.2) is 0 Å². The zero-order chi connectivity index (χ0) is 13.3. The van der Waals surface area contributed by atoms with Gasteiger partial charge in [-0.05, 0) is 35.4 Å². The second kappa shape index (κ2) is 4.75. The summed E-state index contributed by atoms with van der Waals surface area (Å²) in [5, 5.41) is 3.06. The Hall–Kier alpha value is -1.31. The van der Waals surface area contributed by atoms with Gasteiger partial charge in [0.1, 0.15) is 0 Å². The van der Waals surface area contributed by atoms with Crippen molar-refractivity contribution in [3.05, 3.63) is 29.3 Å². The second-order valence-electron chi connectivity index (χ2n) is 5.93. The molecule has 0 saturated carbocycles. The Morgan fingerprint density at radius 2 is 2.06 bits per heavy atom. The van der Waals surface area contributed by atoms with Crippen molar-refractivity contribution < 1.29 is 4.79 Å². The molecule has 1 aromatic rings. The molecule has 2 nitrogen and oxygen atoms in total. The van der Waals surface area contributed by atoms with Crippen LogP contribution in [0.5, 0.6) is 0 Å². The molecule has 0 aliphatic carbocycles. The first-order chi connectivity index (χ1) is 8.47. The highest BCUT2D eigenvalue weighted by atomic mass is 16.2. The zero-order valence-electron chi connectivity index (χ0n) is 11.8. The number of rotatable bonds is 3. The fourth-order valence-corrected chi connectivity index (χ4v) is 2.57. The molecule has 1 heterocycles. The number of carbonyl (C=O) groups is 1. The number of fused-ring (bicyclic) bond motifs is 1. The topological polar surface area (TPSA) is 29.1 Å². The lowest BCUT2D eigenvalue weighted by Gasteiger charge is -2.36. The Kier molecular flexibility index (Phi) is 3.47. The molecule has 2 heteroatoms. The van der Waals surface area contributed by atoms with E-state index in [-0.39, 0.29) is 17.2 Å². The first kappa shape index (κ1) is 13.1. The lowest BCUT2D eigenvalue weighted by molar-refractivity contribution is -0.123. The molecule has 0 saturated heterocycles. The average molecular weight is 245 g/mol. The quantitative estimate of drug-likeness (QED) is 0.862. The van der Waals surface area contributed by atoms with Gasteiger partial charge in [0, 0.05) is 11.6 Å². The van der Waals surface area contributed by atoms with Crippen LogP contribution in [-0.2, 0) is 17.6 Å². The molecule has 0 radical (unpaired) electrons. The van der Waals surface area contributed by atoms with E-state index in [1.54, 1.807) is 0 Å². The molecule has 1 aromatic carbocycles. The van der Waals surface area contributed by atoms with E-state index < -0.39 is 0 Å². The summed E-state index contributed by atoms with van der Waals surface area (Å²) in [6.07, 6.45) is 2.94. The van der Waals surface area contributed by atoms with Crippen LogP contribution in [0.15, 0.2) is 18.2 Å². The minimum atomic E-state index is 0.0595. The molecule has 1 unspecified atom stereocenters. The predicted molar refractivity (Wildman–Crippen MR) is 75.7 cm³/mol. The maximum Gasteiger partial charge on any atom is 0.228 e. The van der Waals surface area contributed by atoms with Gasteiger partial charge >= 0.3 is 0 Å². The van der Waals surface area contributed by atoms with Crippen molar-refractivity contribution in [2.24, 2.45) is 11.3 Å². The molecule has 0 spiro atoms. The summed E-state index contributed by atoms with van der Waals surface area (Å²) in [4.78, 5) is 12.2. The normalized spacial score (nSPS) is 19.3. The Bertz CT molecular complexity index is 462. The number of aryl methyl sites for hydroxylation is 1. The molecule has 0 aromatic heterocycles. The van der Waals surface area contributed by atoms with Crippen LogP contribution in [0.1, 0.15) is 45.2 Å². The first-order valence-corrected chi connectivity index (χ1v) is 6.90. The van der Waals surface area contributed by atoms with Gasteiger partial charge in [0.15, 0.2) is 0 Å². The molecule has 0 bridgehead atoms. The van der Waals surface area contributed by atoms with Gasteiger partial charge in [-0.15, -0.1) is 0 Å². The van der Waals surface area contributed by atoms with Gasteiger partial charge in [-0.2, -0.15) is 0 Å². The van der Waals surface area contributed by atoms with Crippen molar-refractivity contribution in [1.82, 2.24) is 0 Å². The number of amides is 1. The number of hydrogen-bond acceptors (Lipinski definition) is 1. The molecular formula is C16H23NO. The van der Waals surface area contributed by atoms with E-state index in [0.29, 0.717) is 0 Å². The van der Waals surface area contributed by atoms with Crippen LogP contribution in [-0.4, -0.2) is 5.91 Å². The first-order valence-electron chi connectivity index (χ1n) is 6.90. The van der Waals surface area contributed by atoms with Crippen molar-refractivity contribution in [1.29, 1.82) is 0 Å². The largest absolute Gasteiger partial charge is 0.326 e. The average Bonchev–Trinajstić information content (AvgIpc) is 2.37. The Morgan fingerprint density at radius 1 is 1.33 bits per heavy atom. The molecule has 1 aliphatic heterocycles. The highest BCUT2D eigenvalue weighted by Gasteiger charge is 2.37. The summed E-state index contributed by atoms with van der Waals surface area (Å²) in [7, 11) is 0. The van der Waals surface area contributed by atoms with Crippen LogP contribution < -0.4 is 5.32 Å². The molecule has 1 aliphatic rings. The van der Waals surface area contributed by atoms with E-state index in [9.17, 15) is 4.79 Å². The SMILES string of the molecule is CCc1ccc2c(c1)CC(C(C)(C)CC)C(=O)N2. The molecule has 1 N–H and O–H groups in total. The minimum absolute atomic E-state index is 0.0595. The van der Waals surface area contributed by atoms with Crippen molar-refractivity contribution in [2.75, 3.05) is 5.32 Å². The molecule has 1 amide bonds. The predicted octanol–water partition coefficient (Wildman–Crippen LogP) is 3.80. The summed E-state index contributed by atoms with van der Waals surface area (Å²) >= 11 is 0. The third kappa shape index (κ3) is 2.29. The maximum atomic E-state index is 12.2. The van der Waals surface area contributed by atoms with E-state index in [1.165, 1.54) is 11.1 Å². The molecule has 2 rings (SSSR count). The number of nitrogens with one attached hydrogen (secondary N) is 1. The fraction of sp³-hybridized carbons (Fsp3) is 0.562. The monoisotopic (exact) mass is 245 g/mol. The highest BCUT2D eigenvalue weighted by Crippen LogP contribution is 2.38. The number of benzene rings is 1. The lowest BCUT2D eigenvalue weighted by atomic mass is 9.71. The Balaban J connectivity index is 2.33. The third-order valence-electron chi connectivity index (χ3n) is 4.43. The molecule has 1 atom stereocenters. The smallest absolute Gasteiger partial charge is 0.228 e. The second-order valence-corrected chi connectivity index (χ2v) is 5.93. The Morgan fingerprint density at radius 3 is 2.67 bits per heavy atom. The van der Waals surface area contributed by atoms with E-state index in [0.717, 1.165) is 24.9 Å². The van der Waals surface area contributed by atoms with Gasteiger partial charge in [-0.3, -0.25) is 4.79 Å². The maximum absolute atomic E-state index is 12.2. The van der Waals surface area contributed by atoms with Gasteiger partial charge in [0.2, 0.25) is 5.91 Å². The van der Waals surface area contributed by atoms with E-state index >= 15 is 0 Å². The van der Waals surface area contributed by atoms with Crippen LogP contribution in [0.4, 0.5) is 5.69 Å². The van der Waals surface area contributed by atoms with Crippen LogP contribution in [0.2, 0.25) is 0 Å². The van der Waals surface area contributed by atoms with Crippen molar-refractivity contribution >= 4 is 11.6 Å². The molecule has 18 heavy (non-hydrogen) atoms. The van der Waals surface area contributed by atoms with Gasteiger partial charge in [0.05, 0.1) is 0 Å². The van der Waals surface area contributed by atoms with E-state index in [4.69, 9.17) is 0 Å². The lowest BCUT2D eigenvalue weighted by Crippen LogP contribution is -2.39. The summed E-state index contributed by atoms with van der Waals surface area (Å²) in [6, 6.07) is 6.39. The van der Waals surface area contributed by atoms with Crippen molar-refractivity contribution in [3.63, 3.8) is 0 Å². The van der Waals surface area contributed by atoms with Crippen molar-refractivity contribution in [2.45, 2.75) is 47.0 Å². The summed E-state index contributed by atoms with van der Waals surface area (Å²) in [5.74, 6) is 0.265. The molecular weight excluding hydrogens is 222 g/mol. The fourth-order valence-electron chi connectivity index (χ4n) is 2.57. The molecule has 98 valence electrons. The van der Waals surface area contributed by atoms with Crippen LogP contribution >= 0.6 is 0 Å². The number of hydrogen-bond donors (Lipinski definition) is 1. The zero-order valence-corrected chi connectivity index (χ0v) is 11.8. The number of anilines is 1. The van der Waals surface area contributed by atoms with Crippen molar-refractivity contribution in [3.8, 4) is 0 Å². The van der Waals surface area contributed by atoms with Gasteiger partial charge < -0.3 is 5.32 Å².